The standard InChI is InChI=1S/C31H46N4O5S/c1-8-26(36)32-14-16-34-24-18-23(21(4)17-25(24)41-31(28(34)38)12-10-13-31)27(37)35(20(2)3)22-11-9-15-33(19-22)29(39)40-30(5,6)7/h17-18,20,22H,8-16,19H2,1-7H3,(H,32,36)/t22-/m1/s1. The fraction of sp³-hybridized carbons (Fsp3) is 0.677. The molecule has 41 heavy (non-hydrogen) atoms. The third-order valence-electron chi connectivity index (χ3n) is 8.14. The second-order valence-electron chi connectivity index (χ2n) is 12.8. The monoisotopic (exact) mass is 586 g/mol. The number of aryl methyl sites for hydroxylation is 1. The summed E-state index contributed by atoms with van der Waals surface area (Å²) < 4.78 is 5.17. The molecule has 0 unspecified atom stereocenters. The SMILES string of the molecule is CCC(=O)NCCN1C(=O)C2(CCC2)Sc2cc(C)c(C(=O)N(C(C)C)[C@@H]3CCCN(C(=O)OC(C)(C)C)C3)cc21. The normalized spacial score (nSPS) is 20.0. The molecule has 4 rings (SSSR count). The van der Waals surface area contributed by atoms with Gasteiger partial charge >= 0.3 is 6.09 Å². The van der Waals surface area contributed by atoms with Gasteiger partial charge in [-0.15, -0.1) is 11.8 Å². The molecule has 2 fully saturated rings. The van der Waals surface area contributed by atoms with Gasteiger partial charge in [0.1, 0.15) is 5.60 Å². The summed E-state index contributed by atoms with van der Waals surface area (Å²) in [6.45, 7) is 15.1. The average molecular weight is 587 g/mol. The van der Waals surface area contributed by atoms with Crippen LogP contribution in [0.2, 0.25) is 0 Å². The molecular weight excluding hydrogens is 540 g/mol. The predicted octanol–water partition coefficient (Wildman–Crippen LogP) is 5.13. The molecule has 0 bridgehead atoms. The summed E-state index contributed by atoms with van der Waals surface area (Å²) >= 11 is 1.63. The number of nitrogens with one attached hydrogen (secondary N) is 1. The Bertz CT molecular complexity index is 1190. The van der Waals surface area contributed by atoms with Gasteiger partial charge in [-0.2, -0.15) is 0 Å². The second kappa shape index (κ2) is 12.2. The Balaban J connectivity index is 1.62. The maximum atomic E-state index is 14.2. The van der Waals surface area contributed by atoms with Gasteiger partial charge in [-0.3, -0.25) is 14.4 Å². The Labute approximate surface area is 248 Å². The summed E-state index contributed by atoms with van der Waals surface area (Å²) in [6, 6.07) is 3.68. The van der Waals surface area contributed by atoms with Crippen molar-refractivity contribution >= 4 is 41.3 Å². The lowest BCUT2D eigenvalue weighted by molar-refractivity contribution is -0.123. The minimum absolute atomic E-state index is 0.0531. The first-order chi connectivity index (χ1) is 19.3. The molecule has 1 saturated carbocycles. The summed E-state index contributed by atoms with van der Waals surface area (Å²) in [7, 11) is 0. The molecule has 1 aliphatic carbocycles. The van der Waals surface area contributed by atoms with Gasteiger partial charge < -0.3 is 24.8 Å². The molecule has 1 aromatic carbocycles. The summed E-state index contributed by atoms with van der Waals surface area (Å²) in [6.07, 6.45) is 4.32. The molecule has 10 heteroatoms. The van der Waals surface area contributed by atoms with Gasteiger partial charge in [0, 0.05) is 49.1 Å². The highest BCUT2D eigenvalue weighted by atomic mass is 32.2. The van der Waals surface area contributed by atoms with Gasteiger partial charge in [-0.05, 0) is 91.3 Å². The first-order valence-corrected chi connectivity index (χ1v) is 15.8. The van der Waals surface area contributed by atoms with Gasteiger partial charge in [0.2, 0.25) is 11.8 Å². The summed E-state index contributed by atoms with van der Waals surface area (Å²) in [5, 5.41) is 2.89. The van der Waals surface area contributed by atoms with E-state index in [0.29, 0.717) is 38.2 Å². The van der Waals surface area contributed by atoms with Crippen LogP contribution in [-0.2, 0) is 14.3 Å². The van der Waals surface area contributed by atoms with Crippen LogP contribution in [0.1, 0.15) is 96.0 Å². The Hall–Kier alpha value is -2.75. The zero-order valence-electron chi connectivity index (χ0n) is 25.7. The van der Waals surface area contributed by atoms with E-state index < -0.39 is 10.3 Å². The first-order valence-electron chi connectivity index (χ1n) is 15.0. The van der Waals surface area contributed by atoms with E-state index in [2.05, 4.69) is 5.32 Å². The van der Waals surface area contributed by atoms with E-state index in [0.717, 1.165) is 48.3 Å². The lowest BCUT2D eigenvalue weighted by atomic mass is 9.82. The number of likely N-dealkylation sites (tertiary alicyclic amines) is 1. The molecule has 1 N–H and O–H groups in total. The van der Waals surface area contributed by atoms with Crippen molar-refractivity contribution in [3.8, 4) is 0 Å². The number of ether oxygens (including phenoxy) is 1. The molecule has 2 heterocycles. The zero-order valence-corrected chi connectivity index (χ0v) is 26.5. The van der Waals surface area contributed by atoms with E-state index in [1.807, 2.05) is 58.6 Å². The highest BCUT2D eigenvalue weighted by molar-refractivity contribution is 8.01. The van der Waals surface area contributed by atoms with Gasteiger partial charge in [0.25, 0.3) is 5.91 Å². The van der Waals surface area contributed by atoms with Crippen molar-refractivity contribution in [2.45, 2.75) is 114 Å². The number of nitrogens with zero attached hydrogens (tertiary/aromatic N) is 3. The van der Waals surface area contributed by atoms with Crippen molar-refractivity contribution in [2.24, 2.45) is 0 Å². The number of piperidine rings is 1. The van der Waals surface area contributed by atoms with Crippen LogP contribution < -0.4 is 10.2 Å². The number of carbonyl (C=O) groups is 4. The summed E-state index contributed by atoms with van der Waals surface area (Å²) in [5.74, 6) is -0.0881. The van der Waals surface area contributed by atoms with Crippen molar-refractivity contribution in [1.29, 1.82) is 0 Å². The van der Waals surface area contributed by atoms with Crippen molar-refractivity contribution in [3.05, 3.63) is 23.3 Å². The Kier molecular flexibility index (Phi) is 9.31. The molecule has 9 nitrogen and oxygen atoms in total. The van der Waals surface area contributed by atoms with E-state index >= 15 is 0 Å². The summed E-state index contributed by atoms with van der Waals surface area (Å²) in [5.41, 5.74) is 1.58. The first kappa shape index (κ1) is 31.2. The molecule has 1 aromatic rings. The largest absolute Gasteiger partial charge is 0.444 e. The van der Waals surface area contributed by atoms with Crippen molar-refractivity contribution in [1.82, 2.24) is 15.1 Å². The molecule has 2 aliphatic heterocycles. The predicted molar refractivity (Wildman–Crippen MR) is 161 cm³/mol. The molecule has 226 valence electrons. The lowest BCUT2D eigenvalue weighted by Gasteiger charge is -2.47. The Morgan fingerprint density at radius 3 is 2.49 bits per heavy atom. The highest BCUT2D eigenvalue weighted by Gasteiger charge is 2.51. The second-order valence-corrected chi connectivity index (χ2v) is 14.2. The van der Waals surface area contributed by atoms with Crippen LogP contribution in [0.25, 0.3) is 0 Å². The van der Waals surface area contributed by atoms with Gasteiger partial charge in [-0.1, -0.05) is 6.92 Å². The lowest BCUT2D eigenvalue weighted by Crippen LogP contribution is -2.55. The van der Waals surface area contributed by atoms with Crippen LogP contribution in [0.5, 0.6) is 0 Å². The topological polar surface area (TPSA) is 99.3 Å². The minimum atomic E-state index is -0.587. The molecule has 0 radical (unpaired) electrons. The maximum Gasteiger partial charge on any atom is 0.410 e. The number of amides is 4. The van der Waals surface area contributed by atoms with Crippen LogP contribution >= 0.6 is 11.8 Å². The molecule has 1 atom stereocenters. The Morgan fingerprint density at radius 1 is 1.20 bits per heavy atom. The molecule has 3 aliphatic rings. The number of anilines is 1. The third-order valence-corrected chi connectivity index (χ3v) is 9.66. The van der Waals surface area contributed by atoms with E-state index in [-0.39, 0.29) is 35.9 Å². The summed E-state index contributed by atoms with van der Waals surface area (Å²) in [4.78, 5) is 59.1. The maximum absolute atomic E-state index is 14.2. The number of fused-ring (bicyclic) bond motifs is 1. The van der Waals surface area contributed by atoms with Crippen molar-refractivity contribution < 1.29 is 23.9 Å². The molecule has 0 aromatic heterocycles. The van der Waals surface area contributed by atoms with Crippen LogP contribution in [0.15, 0.2) is 17.0 Å². The quantitative estimate of drug-likeness (QED) is 0.476. The van der Waals surface area contributed by atoms with E-state index in [4.69, 9.17) is 4.74 Å². The fourth-order valence-electron chi connectivity index (χ4n) is 5.91. The average Bonchev–Trinajstić information content (AvgIpc) is 2.87. The number of benzene rings is 1. The molecule has 1 spiro atoms. The van der Waals surface area contributed by atoms with Gasteiger partial charge in [-0.25, -0.2) is 4.79 Å². The van der Waals surface area contributed by atoms with Gasteiger partial charge in [0.15, 0.2) is 0 Å². The van der Waals surface area contributed by atoms with Crippen LogP contribution in [0, 0.1) is 6.92 Å². The smallest absolute Gasteiger partial charge is 0.410 e. The third kappa shape index (κ3) is 6.68. The van der Waals surface area contributed by atoms with Crippen molar-refractivity contribution in [3.63, 3.8) is 0 Å². The molecule has 4 amide bonds. The van der Waals surface area contributed by atoms with E-state index in [1.54, 1.807) is 28.5 Å². The number of hydrogen-bond donors (Lipinski definition) is 1. The molecular formula is C31H46N4O5S. The van der Waals surface area contributed by atoms with Crippen LogP contribution in [0.4, 0.5) is 10.5 Å². The zero-order chi connectivity index (χ0) is 30.1. The number of carbonyl (C=O) groups excluding carboxylic acids is 4. The Morgan fingerprint density at radius 2 is 1.90 bits per heavy atom. The highest BCUT2D eigenvalue weighted by Crippen LogP contribution is 2.55. The minimum Gasteiger partial charge on any atom is -0.444 e. The number of hydrogen-bond acceptors (Lipinski definition) is 6. The van der Waals surface area contributed by atoms with Gasteiger partial charge in [0.05, 0.1) is 16.5 Å². The molecule has 1 saturated heterocycles. The van der Waals surface area contributed by atoms with E-state index in [1.165, 1.54) is 0 Å². The number of rotatable bonds is 7. The number of thioether (sulfide) groups is 1. The fourth-order valence-corrected chi connectivity index (χ4v) is 7.53. The van der Waals surface area contributed by atoms with Crippen LogP contribution in [-0.4, -0.2) is 82.2 Å². The van der Waals surface area contributed by atoms with Crippen LogP contribution in [0.3, 0.4) is 0 Å². The van der Waals surface area contributed by atoms with E-state index in [9.17, 15) is 19.2 Å². The van der Waals surface area contributed by atoms with Crippen molar-refractivity contribution in [2.75, 3.05) is 31.1 Å².